The first-order chi connectivity index (χ1) is 12.7. The number of aliphatic hydroxyl groups excluding tert-OH is 1. The summed E-state index contributed by atoms with van der Waals surface area (Å²) in [5, 5.41) is 18.6. The van der Waals surface area contributed by atoms with Gasteiger partial charge >= 0.3 is 5.97 Å². The molecule has 0 spiro atoms. The fourth-order valence-electron chi connectivity index (χ4n) is 2.99. The van der Waals surface area contributed by atoms with E-state index < -0.39 is 24.3 Å². The van der Waals surface area contributed by atoms with Crippen molar-refractivity contribution in [1.82, 2.24) is 0 Å². The molecule has 0 aromatic heterocycles. The van der Waals surface area contributed by atoms with E-state index in [9.17, 15) is 19.1 Å². The predicted octanol–water partition coefficient (Wildman–Crippen LogP) is 4.23. The zero-order chi connectivity index (χ0) is 20.1. The second-order valence-corrected chi connectivity index (χ2v) is 6.70. The van der Waals surface area contributed by atoms with Gasteiger partial charge in [0.25, 0.3) is 0 Å². The van der Waals surface area contributed by atoms with Gasteiger partial charge in [-0.25, -0.2) is 4.39 Å². The molecule has 27 heavy (non-hydrogen) atoms. The molecule has 0 aliphatic heterocycles. The molecule has 0 fully saturated rings. The summed E-state index contributed by atoms with van der Waals surface area (Å²) in [6.45, 7) is 5.35. The van der Waals surface area contributed by atoms with E-state index in [-0.39, 0.29) is 12.2 Å². The SMILES string of the molecule is Cc1cccc(-c2cc(C)c(F)c(C)c2/C=C/C(O)CC(=O)CC(=O)O)c1. The lowest BCUT2D eigenvalue weighted by Gasteiger charge is -2.14. The molecule has 0 saturated carbocycles. The lowest BCUT2D eigenvalue weighted by atomic mass is 9.92. The van der Waals surface area contributed by atoms with Crippen LogP contribution < -0.4 is 0 Å². The van der Waals surface area contributed by atoms with Crippen LogP contribution in [0.1, 0.15) is 35.1 Å². The summed E-state index contributed by atoms with van der Waals surface area (Å²) in [7, 11) is 0. The molecular weight excluding hydrogens is 347 g/mol. The Kier molecular flexibility index (Phi) is 6.64. The van der Waals surface area contributed by atoms with Crippen molar-refractivity contribution in [2.24, 2.45) is 0 Å². The van der Waals surface area contributed by atoms with Crippen molar-refractivity contribution in [2.45, 2.75) is 39.7 Å². The van der Waals surface area contributed by atoms with Crippen LogP contribution in [-0.2, 0) is 9.59 Å². The van der Waals surface area contributed by atoms with Gasteiger partial charge in [0, 0.05) is 6.42 Å². The number of carbonyl (C=O) groups excluding carboxylic acids is 1. The van der Waals surface area contributed by atoms with E-state index in [0.717, 1.165) is 16.7 Å². The number of carboxylic acids is 1. The maximum Gasteiger partial charge on any atom is 0.310 e. The second-order valence-electron chi connectivity index (χ2n) is 6.70. The number of benzene rings is 2. The molecule has 0 heterocycles. The molecule has 0 aliphatic rings. The Hall–Kier alpha value is -2.79. The molecule has 0 saturated heterocycles. The van der Waals surface area contributed by atoms with Gasteiger partial charge in [0.15, 0.2) is 0 Å². The maximum atomic E-state index is 14.4. The first-order valence-electron chi connectivity index (χ1n) is 8.65. The van der Waals surface area contributed by atoms with Crippen molar-refractivity contribution in [1.29, 1.82) is 0 Å². The highest BCUT2D eigenvalue weighted by Crippen LogP contribution is 2.31. The predicted molar refractivity (Wildman–Crippen MR) is 103 cm³/mol. The fourth-order valence-corrected chi connectivity index (χ4v) is 2.99. The molecule has 2 aromatic rings. The van der Waals surface area contributed by atoms with Gasteiger partial charge in [-0.3, -0.25) is 9.59 Å². The number of hydrogen-bond acceptors (Lipinski definition) is 3. The molecule has 2 aromatic carbocycles. The molecule has 2 rings (SSSR count). The highest BCUT2D eigenvalue weighted by atomic mass is 19.1. The maximum absolute atomic E-state index is 14.4. The molecule has 0 bridgehead atoms. The van der Waals surface area contributed by atoms with Crippen molar-refractivity contribution >= 4 is 17.8 Å². The van der Waals surface area contributed by atoms with Crippen LogP contribution in [-0.4, -0.2) is 28.1 Å². The quantitative estimate of drug-likeness (QED) is 0.716. The fraction of sp³-hybridized carbons (Fsp3) is 0.273. The van der Waals surface area contributed by atoms with Crippen molar-refractivity contribution in [3.05, 3.63) is 64.5 Å². The van der Waals surface area contributed by atoms with Crippen molar-refractivity contribution < 1.29 is 24.2 Å². The molecule has 1 atom stereocenters. The van der Waals surface area contributed by atoms with Gasteiger partial charge < -0.3 is 10.2 Å². The number of aryl methyl sites for hydroxylation is 2. The average molecular weight is 370 g/mol. The van der Waals surface area contributed by atoms with E-state index in [1.165, 1.54) is 6.08 Å². The number of rotatable bonds is 7. The van der Waals surface area contributed by atoms with Gasteiger partial charge in [-0.05, 0) is 54.7 Å². The molecular formula is C22H23FO4. The average Bonchev–Trinajstić information content (AvgIpc) is 2.57. The topological polar surface area (TPSA) is 74.6 Å². The highest BCUT2D eigenvalue weighted by molar-refractivity contribution is 5.95. The monoisotopic (exact) mass is 370 g/mol. The minimum Gasteiger partial charge on any atom is -0.481 e. The van der Waals surface area contributed by atoms with E-state index in [4.69, 9.17) is 5.11 Å². The van der Waals surface area contributed by atoms with E-state index in [1.54, 1.807) is 26.0 Å². The van der Waals surface area contributed by atoms with Crippen LogP contribution in [0.5, 0.6) is 0 Å². The minimum atomic E-state index is -1.23. The van der Waals surface area contributed by atoms with Crippen LogP contribution in [0.25, 0.3) is 17.2 Å². The Labute approximate surface area is 158 Å². The lowest BCUT2D eigenvalue weighted by molar-refractivity contribution is -0.140. The van der Waals surface area contributed by atoms with Crippen molar-refractivity contribution in [3.8, 4) is 11.1 Å². The van der Waals surface area contributed by atoms with Gasteiger partial charge in [0.05, 0.1) is 6.10 Å². The third-order valence-electron chi connectivity index (χ3n) is 4.33. The molecule has 2 N–H and O–H groups in total. The zero-order valence-corrected chi connectivity index (χ0v) is 15.6. The van der Waals surface area contributed by atoms with Crippen LogP contribution in [0, 0.1) is 26.6 Å². The molecule has 0 amide bonds. The van der Waals surface area contributed by atoms with Gasteiger partial charge in [-0.15, -0.1) is 0 Å². The third-order valence-corrected chi connectivity index (χ3v) is 4.33. The Balaban J connectivity index is 2.39. The lowest BCUT2D eigenvalue weighted by Crippen LogP contribution is -2.14. The number of aliphatic hydroxyl groups is 1. The van der Waals surface area contributed by atoms with Crippen molar-refractivity contribution in [2.75, 3.05) is 0 Å². The van der Waals surface area contributed by atoms with Crippen LogP contribution in [0.2, 0.25) is 0 Å². The summed E-state index contributed by atoms with van der Waals surface area (Å²) in [6.07, 6.45) is 0.934. The van der Waals surface area contributed by atoms with Gasteiger partial charge in [-0.1, -0.05) is 42.0 Å². The standard InChI is InChI=1S/C22H23FO4/c1-13-5-4-6-16(9-13)20-10-14(2)22(23)15(3)19(20)8-7-17(24)11-18(25)12-21(26)27/h4-10,17,24H,11-12H2,1-3H3,(H,26,27)/b8-7+. The summed E-state index contributed by atoms with van der Waals surface area (Å²) in [6, 6.07) is 9.59. The Morgan fingerprint density at radius 2 is 1.89 bits per heavy atom. The van der Waals surface area contributed by atoms with Crippen LogP contribution in [0.15, 0.2) is 36.4 Å². The van der Waals surface area contributed by atoms with Crippen LogP contribution in [0.3, 0.4) is 0 Å². The number of halogens is 1. The molecule has 1 unspecified atom stereocenters. The van der Waals surface area contributed by atoms with Gasteiger partial charge in [0.2, 0.25) is 0 Å². The van der Waals surface area contributed by atoms with Crippen molar-refractivity contribution in [3.63, 3.8) is 0 Å². The first kappa shape index (κ1) is 20.5. The molecule has 5 heteroatoms. The second kappa shape index (κ2) is 8.73. The molecule has 0 aliphatic carbocycles. The van der Waals surface area contributed by atoms with E-state index in [1.807, 2.05) is 31.2 Å². The first-order valence-corrected chi connectivity index (χ1v) is 8.65. The molecule has 142 valence electrons. The Morgan fingerprint density at radius 1 is 1.19 bits per heavy atom. The Morgan fingerprint density at radius 3 is 2.52 bits per heavy atom. The van der Waals surface area contributed by atoms with Crippen LogP contribution >= 0.6 is 0 Å². The normalized spacial score (nSPS) is 12.3. The summed E-state index contributed by atoms with van der Waals surface area (Å²) in [5.74, 6) is -2.11. The summed E-state index contributed by atoms with van der Waals surface area (Å²) >= 11 is 0. The number of hydrogen-bond donors (Lipinski definition) is 2. The van der Waals surface area contributed by atoms with Gasteiger partial charge in [-0.2, -0.15) is 0 Å². The summed E-state index contributed by atoms with van der Waals surface area (Å²) in [4.78, 5) is 22.1. The third kappa shape index (κ3) is 5.34. The zero-order valence-electron chi connectivity index (χ0n) is 15.6. The smallest absolute Gasteiger partial charge is 0.310 e. The minimum absolute atomic E-state index is 0.296. The van der Waals surface area contributed by atoms with E-state index >= 15 is 0 Å². The summed E-state index contributed by atoms with van der Waals surface area (Å²) < 4.78 is 14.4. The number of carboxylic acid groups (broad SMARTS) is 1. The molecule has 0 radical (unpaired) electrons. The number of Topliss-reactive ketones (excluding diaryl/α,β-unsaturated/α-hetero) is 1. The largest absolute Gasteiger partial charge is 0.481 e. The highest BCUT2D eigenvalue weighted by Gasteiger charge is 2.15. The van der Waals surface area contributed by atoms with E-state index in [0.29, 0.717) is 16.7 Å². The number of carbonyl (C=O) groups is 2. The number of aliphatic carboxylic acids is 1. The summed E-state index contributed by atoms with van der Waals surface area (Å²) in [5.41, 5.74) is 4.42. The van der Waals surface area contributed by atoms with Gasteiger partial charge in [0.1, 0.15) is 18.0 Å². The van der Waals surface area contributed by atoms with Crippen LogP contribution in [0.4, 0.5) is 4.39 Å². The number of ketones is 1. The molecule has 4 nitrogen and oxygen atoms in total. The Bertz CT molecular complexity index is 899. The van der Waals surface area contributed by atoms with E-state index in [2.05, 4.69) is 0 Å².